The molecule has 0 bridgehead atoms. The molecule has 0 saturated heterocycles. The number of carboxylic acid groups (broad SMARTS) is 1. The van der Waals surface area contributed by atoms with Gasteiger partial charge in [0.1, 0.15) is 12.1 Å². The summed E-state index contributed by atoms with van der Waals surface area (Å²) >= 11 is 1.43. The zero-order valence-electron chi connectivity index (χ0n) is 22.8. The lowest BCUT2D eigenvalue weighted by Crippen LogP contribution is -2.55. The lowest BCUT2D eigenvalue weighted by atomic mass is 9.99. The Morgan fingerprint density at radius 3 is 2.11 bits per heavy atom. The van der Waals surface area contributed by atoms with Gasteiger partial charge in [-0.3, -0.25) is 4.79 Å². The fourth-order valence-electron chi connectivity index (χ4n) is 3.48. The molecule has 9 heteroatoms. The highest BCUT2D eigenvalue weighted by atomic mass is 32.2. The van der Waals surface area contributed by atoms with Crippen molar-refractivity contribution in [1.82, 2.24) is 10.0 Å². The van der Waals surface area contributed by atoms with Gasteiger partial charge >= 0.3 is 5.97 Å². The molecule has 37 heavy (non-hydrogen) atoms. The van der Waals surface area contributed by atoms with E-state index >= 15 is 0 Å². The van der Waals surface area contributed by atoms with Crippen LogP contribution in [0.2, 0.25) is 0 Å². The second kappa shape index (κ2) is 17.8. The van der Waals surface area contributed by atoms with Crippen LogP contribution in [0.5, 0.6) is 0 Å². The van der Waals surface area contributed by atoms with Crippen LogP contribution >= 0.6 is 11.8 Å². The van der Waals surface area contributed by atoms with E-state index in [1.807, 2.05) is 6.92 Å². The van der Waals surface area contributed by atoms with Crippen molar-refractivity contribution in [2.45, 2.75) is 111 Å². The molecule has 7 nitrogen and oxygen atoms in total. The first-order chi connectivity index (χ1) is 16.9. The van der Waals surface area contributed by atoms with Gasteiger partial charge in [0.2, 0.25) is 15.9 Å². The summed E-state index contributed by atoms with van der Waals surface area (Å²) < 4.78 is 27.3. The minimum atomic E-state index is -3.57. The lowest BCUT2D eigenvalue weighted by molar-refractivity contribution is -0.141. The molecule has 1 saturated carbocycles. The van der Waals surface area contributed by atoms with Gasteiger partial charge in [0, 0.05) is 11.5 Å². The molecular formula is C28H50N2O5S2. The van der Waals surface area contributed by atoms with Crippen LogP contribution in [0.4, 0.5) is 0 Å². The molecular weight excluding hydrogens is 508 g/mol. The molecule has 0 heterocycles. The molecule has 1 aliphatic carbocycles. The van der Waals surface area contributed by atoms with E-state index in [1.54, 1.807) is 6.92 Å². The monoisotopic (exact) mass is 558 g/mol. The molecule has 1 fully saturated rings. The normalized spacial score (nSPS) is 16.8. The highest BCUT2D eigenvalue weighted by Crippen LogP contribution is 2.28. The number of hydrogen-bond acceptors (Lipinski definition) is 5. The van der Waals surface area contributed by atoms with Gasteiger partial charge in [-0.2, -0.15) is 11.8 Å². The molecule has 0 aromatic rings. The van der Waals surface area contributed by atoms with Crippen LogP contribution in [-0.4, -0.2) is 54.2 Å². The molecule has 1 rings (SSSR count). The van der Waals surface area contributed by atoms with Crippen LogP contribution in [-0.2, 0) is 19.6 Å². The quantitative estimate of drug-likeness (QED) is 0.144. The number of thioether (sulfide) groups is 1. The first kappa shape index (κ1) is 35.4. The van der Waals surface area contributed by atoms with Crippen molar-refractivity contribution in [1.29, 1.82) is 0 Å². The minimum Gasteiger partial charge on any atom is -0.480 e. The van der Waals surface area contributed by atoms with E-state index in [2.05, 4.69) is 56.0 Å². The van der Waals surface area contributed by atoms with Gasteiger partial charge in [0.05, 0.1) is 5.25 Å². The predicted molar refractivity (Wildman–Crippen MR) is 157 cm³/mol. The van der Waals surface area contributed by atoms with Crippen LogP contribution in [0.15, 0.2) is 34.9 Å². The number of carboxylic acids is 1. The zero-order chi connectivity index (χ0) is 27.3. The predicted octanol–water partition coefficient (Wildman–Crippen LogP) is 5.84. The number of carbonyl (C=O) groups is 2. The van der Waals surface area contributed by atoms with Crippen molar-refractivity contribution >= 4 is 33.7 Å². The molecule has 214 valence electrons. The third kappa shape index (κ3) is 14.8. The summed E-state index contributed by atoms with van der Waals surface area (Å²) in [5.41, 5.74) is 3.99. The third-order valence-electron chi connectivity index (χ3n) is 6.32. The number of hydrogen-bond donors (Lipinski definition) is 3. The fraction of sp³-hybridized carbons (Fsp3) is 0.714. The number of sulfonamides is 1. The molecule has 3 atom stereocenters. The maximum absolute atomic E-state index is 12.9. The van der Waals surface area contributed by atoms with E-state index in [0.717, 1.165) is 25.7 Å². The maximum Gasteiger partial charge on any atom is 0.327 e. The highest BCUT2D eigenvalue weighted by Gasteiger charge is 2.40. The highest BCUT2D eigenvalue weighted by molar-refractivity contribution is 7.99. The van der Waals surface area contributed by atoms with E-state index in [1.165, 1.54) is 28.5 Å². The number of allylic oxidation sites excluding steroid dienone is 5. The third-order valence-corrected chi connectivity index (χ3v) is 9.22. The van der Waals surface area contributed by atoms with Gasteiger partial charge in [-0.1, -0.05) is 62.6 Å². The summed E-state index contributed by atoms with van der Waals surface area (Å²) in [4.78, 5) is 24.6. The van der Waals surface area contributed by atoms with Crippen molar-refractivity contribution in [3.63, 3.8) is 0 Å². The van der Waals surface area contributed by atoms with E-state index in [-0.39, 0.29) is 19.1 Å². The molecule has 0 aromatic heterocycles. The Kier molecular flexibility index (Phi) is 17.1. The molecule has 1 amide bonds. The molecule has 1 aliphatic rings. The second-order valence-corrected chi connectivity index (χ2v) is 13.2. The first-order valence-electron chi connectivity index (χ1n) is 12.9. The molecule has 3 N–H and O–H groups in total. The zero-order valence-corrected chi connectivity index (χ0v) is 24.4. The summed E-state index contributed by atoms with van der Waals surface area (Å²) in [7, 11) is -3.57. The van der Waals surface area contributed by atoms with Gasteiger partial charge in [-0.25, -0.2) is 17.9 Å². The standard InChI is InChI=1S/C27H46N2O5S2.CH4/c1-7-22(6)25(29-36(33,34)23-14-15-23)26(30)28-24(27(31)32)18-35-17-16-21(5)13-9-12-20(4)11-8-10-19(2)3;/h10,12,16,22-25,29H,7-9,11,13-15,17-18H2,1-6H3,(H,28,30)(H,31,32);1H4/b20-12+,21-16+;/t22-,24-,25-;/m0./s1. The Morgan fingerprint density at radius 2 is 1.59 bits per heavy atom. The van der Waals surface area contributed by atoms with Crippen LogP contribution in [0.3, 0.4) is 0 Å². The summed E-state index contributed by atoms with van der Waals surface area (Å²) in [6.45, 7) is 12.1. The Labute approximate surface area is 230 Å². The van der Waals surface area contributed by atoms with Gasteiger partial charge in [-0.05, 0) is 72.1 Å². The number of aliphatic carboxylic acids is 1. The molecule has 0 aliphatic heterocycles. The van der Waals surface area contributed by atoms with Crippen LogP contribution in [0, 0.1) is 5.92 Å². The Balaban J connectivity index is 0.0000130. The average molecular weight is 559 g/mol. The van der Waals surface area contributed by atoms with Crippen LogP contribution in [0.25, 0.3) is 0 Å². The van der Waals surface area contributed by atoms with Gasteiger partial charge in [0.15, 0.2) is 0 Å². The van der Waals surface area contributed by atoms with Gasteiger partial charge < -0.3 is 10.4 Å². The van der Waals surface area contributed by atoms with E-state index in [9.17, 15) is 23.1 Å². The summed E-state index contributed by atoms with van der Waals surface area (Å²) in [5.74, 6) is -1.11. The molecule has 0 radical (unpaired) electrons. The Hall–Kier alpha value is -1.58. The summed E-state index contributed by atoms with van der Waals surface area (Å²) in [6.07, 6.45) is 12.5. The van der Waals surface area contributed by atoms with Gasteiger partial charge in [-0.15, -0.1) is 0 Å². The number of carbonyl (C=O) groups excluding carboxylic acids is 1. The van der Waals surface area contributed by atoms with Crippen molar-refractivity contribution in [2.24, 2.45) is 5.92 Å². The van der Waals surface area contributed by atoms with Crippen molar-refractivity contribution in [2.75, 3.05) is 11.5 Å². The van der Waals surface area contributed by atoms with Crippen molar-refractivity contribution < 1.29 is 23.1 Å². The van der Waals surface area contributed by atoms with Gasteiger partial charge in [0.25, 0.3) is 0 Å². The largest absolute Gasteiger partial charge is 0.480 e. The topological polar surface area (TPSA) is 113 Å². The van der Waals surface area contributed by atoms with Crippen LogP contribution < -0.4 is 10.0 Å². The number of amides is 1. The van der Waals surface area contributed by atoms with E-state index in [4.69, 9.17) is 0 Å². The maximum atomic E-state index is 12.9. The second-order valence-electron chi connectivity index (χ2n) is 10.1. The summed E-state index contributed by atoms with van der Waals surface area (Å²) in [5, 5.41) is 11.7. The number of rotatable bonds is 18. The molecule has 0 aromatic carbocycles. The fourth-order valence-corrected chi connectivity index (χ4v) is 6.12. The average Bonchev–Trinajstić information content (AvgIpc) is 3.64. The minimum absolute atomic E-state index is 0. The number of nitrogens with one attached hydrogen (secondary N) is 2. The molecule has 0 spiro atoms. The first-order valence-corrected chi connectivity index (χ1v) is 15.6. The van der Waals surface area contributed by atoms with Crippen LogP contribution in [0.1, 0.15) is 93.9 Å². The van der Waals surface area contributed by atoms with Crippen molar-refractivity contribution in [3.8, 4) is 0 Å². The molecule has 0 unspecified atom stereocenters. The van der Waals surface area contributed by atoms with E-state index < -0.39 is 39.2 Å². The Bertz CT molecular complexity index is 917. The smallest absolute Gasteiger partial charge is 0.327 e. The lowest BCUT2D eigenvalue weighted by Gasteiger charge is -2.25. The summed E-state index contributed by atoms with van der Waals surface area (Å²) in [6, 6.07) is -2.06. The SMILES string of the molecule is C.CC[C@H](C)[C@H](NS(=O)(=O)C1CC1)C(=O)N[C@@H](CSC/C=C(\C)CC/C=C(\C)CCC=C(C)C)C(=O)O. The van der Waals surface area contributed by atoms with Crippen molar-refractivity contribution in [3.05, 3.63) is 34.9 Å². The van der Waals surface area contributed by atoms with E-state index in [0.29, 0.717) is 25.0 Å². The Morgan fingerprint density at radius 1 is 1.03 bits per heavy atom.